The minimum atomic E-state index is -1.36. The second-order valence-electron chi connectivity index (χ2n) is 5.45. The minimum Gasteiger partial charge on any atom is -0.487 e. The number of carbonyl (C=O) groups excluding carboxylic acids is 1. The van der Waals surface area contributed by atoms with Gasteiger partial charge in [-0.05, 0) is 19.1 Å². The number of hydrogen-bond donors (Lipinski definition) is 0. The average molecular weight is 406 g/mol. The number of β-lactam (4-membered cyclic amide) rings is 1. The van der Waals surface area contributed by atoms with Crippen LogP contribution in [0.15, 0.2) is 47.1 Å². The molecule has 0 radical (unpaired) electrons. The second kappa shape index (κ2) is 7.16. The van der Waals surface area contributed by atoms with Crippen LogP contribution in [0.2, 0.25) is 0 Å². The number of allylic oxidation sites excluding steroid dienone is 2. The lowest BCUT2D eigenvalue weighted by molar-refractivity contribution is -0.140. The Balaban J connectivity index is 1.58. The molecule has 1 aromatic rings. The molecule has 0 bridgehead atoms. The number of nitrogens with zero attached hydrogens (tertiary/aromatic N) is 2. The van der Waals surface area contributed by atoms with E-state index in [4.69, 9.17) is 39.5 Å². The van der Waals surface area contributed by atoms with Gasteiger partial charge in [0.2, 0.25) is 0 Å². The molecule has 2 aliphatic heterocycles. The molecule has 0 spiro atoms. The van der Waals surface area contributed by atoms with E-state index in [0.717, 1.165) is 16.5 Å². The first kappa shape index (κ1) is 17.9. The smallest absolute Gasteiger partial charge is 0.255 e. The Morgan fingerprint density at radius 1 is 1.38 bits per heavy atom. The van der Waals surface area contributed by atoms with Crippen LogP contribution in [0.5, 0.6) is 5.75 Å². The third-order valence-electron chi connectivity index (χ3n) is 3.67. The lowest BCUT2D eigenvalue weighted by Crippen LogP contribution is -2.59. The summed E-state index contributed by atoms with van der Waals surface area (Å²) in [6, 6.07) is 9.18. The number of thioether (sulfide) groups is 1. The molecule has 128 valence electrons. The maximum Gasteiger partial charge on any atom is 0.255 e. The normalized spacial score (nSPS) is 23.7. The van der Waals surface area contributed by atoms with Gasteiger partial charge in [0.25, 0.3) is 5.91 Å². The van der Waals surface area contributed by atoms with Crippen molar-refractivity contribution in [3.8, 4) is 5.75 Å². The molecule has 2 aliphatic rings. The first-order valence-corrected chi connectivity index (χ1v) is 9.34. The van der Waals surface area contributed by atoms with E-state index in [1.807, 2.05) is 37.3 Å². The standard InChI is InChI=1S/C16H15Cl3N2O2S/c1-10(7-8-16(17,18)19)21-14(22)13-15(21)24-12(20-13)9-23-11-5-3-2-4-6-11/h2-7,13,15H,8-9H2,1H3/b10-7+. The van der Waals surface area contributed by atoms with E-state index in [1.165, 1.54) is 0 Å². The highest BCUT2D eigenvalue weighted by Crippen LogP contribution is 2.42. The number of para-hydroxylation sites is 1. The number of rotatable bonds is 5. The van der Waals surface area contributed by atoms with Crippen molar-refractivity contribution in [2.24, 2.45) is 4.99 Å². The predicted molar refractivity (Wildman–Crippen MR) is 100 cm³/mol. The third-order valence-corrected chi connectivity index (χ3v) is 5.34. The number of alkyl halides is 3. The number of likely N-dealkylation sites (tertiary alicyclic amines) is 1. The van der Waals surface area contributed by atoms with E-state index >= 15 is 0 Å². The quantitative estimate of drug-likeness (QED) is 0.538. The molecule has 8 heteroatoms. The fraction of sp³-hybridized carbons (Fsp3) is 0.375. The Hall–Kier alpha value is -0.880. The van der Waals surface area contributed by atoms with Crippen molar-refractivity contribution in [1.29, 1.82) is 0 Å². The summed E-state index contributed by atoms with van der Waals surface area (Å²) < 4.78 is 4.33. The highest BCUT2D eigenvalue weighted by atomic mass is 35.6. The fourth-order valence-corrected chi connectivity index (χ4v) is 3.97. The number of aliphatic imine (C=N–C) groups is 1. The van der Waals surface area contributed by atoms with Crippen LogP contribution in [0.25, 0.3) is 0 Å². The first-order valence-electron chi connectivity index (χ1n) is 7.33. The zero-order valence-corrected chi connectivity index (χ0v) is 15.9. The van der Waals surface area contributed by atoms with Crippen molar-refractivity contribution in [2.75, 3.05) is 6.61 Å². The molecule has 1 amide bonds. The minimum absolute atomic E-state index is 0.0275. The number of hydrogen-bond acceptors (Lipinski definition) is 4. The van der Waals surface area contributed by atoms with E-state index in [0.29, 0.717) is 6.61 Å². The van der Waals surface area contributed by atoms with Gasteiger partial charge in [-0.3, -0.25) is 14.7 Å². The monoisotopic (exact) mass is 404 g/mol. The van der Waals surface area contributed by atoms with Crippen LogP contribution >= 0.6 is 46.6 Å². The van der Waals surface area contributed by atoms with Gasteiger partial charge in [-0.25, -0.2) is 0 Å². The van der Waals surface area contributed by atoms with E-state index in [9.17, 15) is 4.79 Å². The Bertz CT molecular complexity index is 688. The van der Waals surface area contributed by atoms with E-state index in [2.05, 4.69) is 4.99 Å². The number of carbonyl (C=O) groups is 1. The van der Waals surface area contributed by atoms with Crippen molar-refractivity contribution in [3.05, 3.63) is 42.1 Å². The molecule has 24 heavy (non-hydrogen) atoms. The molecule has 0 aliphatic carbocycles. The molecule has 1 aromatic carbocycles. The highest BCUT2D eigenvalue weighted by molar-refractivity contribution is 8.15. The number of benzene rings is 1. The molecular formula is C16H15Cl3N2O2S. The van der Waals surface area contributed by atoms with Crippen LogP contribution in [0, 0.1) is 0 Å². The fourth-order valence-electron chi connectivity index (χ4n) is 2.48. The summed E-state index contributed by atoms with van der Waals surface area (Å²) in [6.45, 7) is 2.20. The Labute approximate surface area is 159 Å². The van der Waals surface area contributed by atoms with Crippen molar-refractivity contribution >= 4 is 57.5 Å². The molecule has 0 saturated carbocycles. The summed E-state index contributed by atoms with van der Waals surface area (Å²) in [6.07, 6.45) is 2.01. The van der Waals surface area contributed by atoms with E-state index < -0.39 is 3.79 Å². The maximum absolute atomic E-state index is 12.3. The van der Waals surface area contributed by atoms with Crippen molar-refractivity contribution < 1.29 is 9.53 Å². The Kier molecular flexibility index (Phi) is 5.35. The molecule has 2 unspecified atom stereocenters. The zero-order chi connectivity index (χ0) is 17.3. The van der Waals surface area contributed by atoms with Gasteiger partial charge >= 0.3 is 0 Å². The summed E-state index contributed by atoms with van der Waals surface area (Å²) in [5.41, 5.74) is 0.778. The van der Waals surface area contributed by atoms with Crippen molar-refractivity contribution in [3.63, 3.8) is 0 Å². The Morgan fingerprint density at radius 2 is 2.08 bits per heavy atom. The summed E-state index contributed by atoms with van der Waals surface area (Å²) in [5.74, 6) is 0.752. The summed E-state index contributed by atoms with van der Waals surface area (Å²) in [5, 5.41) is 0.789. The number of amides is 1. The summed E-state index contributed by atoms with van der Waals surface area (Å²) in [4.78, 5) is 18.4. The molecule has 0 N–H and O–H groups in total. The van der Waals surface area contributed by atoms with E-state index in [-0.39, 0.29) is 23.7 Å². The second-order valence-corrected chi connectivity index (χ2v) is 9.16. The van der Waals surface area contributed by atoms with Gasteiger partial charge in [-0.2, -0.15) is 0 Å². The van der Waals surface area contributed by atoms with E-state index in [1.54, 1.807) is 22.7 Å². The third kappa shape index (κ3) is 4.02. The zero-order valence-electron chi connectivity index (χ0n) is 12.8. The molecule has 4 nitrogen and oxygen atoms in total. The topological polar surface area (TPSA) is 41.9 Å². The van der Waals surface area contributed by atoms with Gasteiger partial charge in [-0.1, -0.05) is 70.8 Å². The molecule has 0 aromatic heterocycles. The molecular weight excluding hydrogens is 391 g/mol. The molecule has 2 atom stereocenters. The predicted octanol–water partition coefficient (Wildman–Crippen LogP) is 4.41. The summed E-state index contributed by atoms with van der Waals surface area (Å²) >= 11 is 18.8. The highest BCUT2D eigenvalue weighted by Gasteiger charge is 2.52. The molecule has 2 heterocycles. The van der Waals surface area contributed by atoms with Crippen LogP contribution in [-0.4, -0.2) is 37.7 Å². The van der Waals surface area contributed by atoms with Crippen LogP contribution in [0.4, 0.5) is 0 Å². The number of fused-ring (bicyclic) bond motifs is 1. The molecule has 1 saturated heterocycles. The van der Waals surface area contributed by atoms with Crippen molar-refractivity contribution in [2.45, 2.75) is 28.6 Å². The van der Waals surface area contributed by atoms with Crippen LogP contribution < -0.4 is 4.74 Å². The lowest BCUT2D eigenvalue weighted by Gasteiger charge is -2.41. The first-order chi connectivity index (χ1) is 11.3. The van der Waals surface area contributed by atoms with Gasteiger partial charge in [0, 0.05) is 12.1 Å². The van der Waals surface area contributed by atoms with Crippen LogP contribution in [0.3, 0.4) is 0 Å². The molecule has 3 rings (SSSR count). The maximum atomic E-state index is 12.3. The SMILES string of the molecule is C/C(=C\CC(Cl)(Cl)Cl)N1C(=O)C2N=C(COc3ccccc3)SC21. The van der Waals surface area contributed by atoms with Crippen molar-refractivity contribution in [1.82, 2.24) is 4.90 Å². The van der Waals surface area contributed by atoms with Crippen LogP contribution in [0.1, 0.15) is 13.3 Å². The summed E-state index contributed by atoms with van der Waals surface area (Å²) in [7, 11) is 0. The largest absolute Gasteiger partial charge is 0.487 e. The number of ether oxygens (including phenoxy) is 1. The van der Waals surface area contributed by atoms with Gasteiger partial charge in [0.05, 0.1) is 0 Å². The number of halogens is 3. The van der Waals surface area contributed by atoms with Gasteiger partial charge in [-0.15, -0.1) is 0 Å². The van der Waals surface area contributed by atoms with Crippen LogP contribution in [-0.2, 0) is 4.79 Å². The average Bonchev–Trinajstić information content (AvgIpc) is 2.90. The van der Waals surface area contributed by atoms with Gasteiger partial charge in [0.1, 0.15) is 22.8 Å². The Morgan fingerprint density at radius 3 is 2.75 bits per heavy atom. The lowest BCUT2D eigenvalue weighted by atomic mass is 10.1. The van der Waals surface area contributed by atoms with Gasteiger partial charge in [0.15, 0.2) is 9.83 Å². The molecule has 1 fully saturated rings. The van der Waals surface area contributed by atoms with Gasteiger partial charge < -0.3 is 4.74 Å².